The number of pyridine rings is 1. The second-order valence-corrected chi connectivity index (χ2v) is 5.73. The Labute approximate surface area is 130 Å². The third-order valence-electron chi connectivity index (χ3n) is 4.34. The number of fused-ring (bicyclic) bond motifs is 1. The van der Waals surface area contributed by atoms with E-state index in [0.717, 1.165) is 42.0 Å². The van der Waals surface area contributed by atoms with Crippen LogP contribution in [-0.2, 0) is 4.79 Å². The van der Waals surface area contributed by atoms with E-state index in [1.165, 1.54) is 5.56 Å². The van der Waals surface area contributed by atoms with Crippen molar-refractivity contribution in [3.8, 4) is 5.75 Å². The summed E-state index contributed by atoms with van der Waals surface area (Å²) < 4.78 is 5.28. The molecule has 0 saturated carbocycles. The zero-order valence-electron chi connectivity index (χ0n) is 13.2. The minimum Gasteiger partial charge on any atom is -0.497 e. The molecule has 1 saturated heterocycles. The molecule has 2 heterocycles. The van der Waals surface area contributed by atoms with Crippen molar-refractivity contribution in [2.45, 2.75) is 13.3 Å². The number of rotatable bonds is 3. The maximum absolute atomic E-state index is 11.8. The summed E-state index contributed by atoms with van der Waals surface area (Å²) in [6, 6.07) is 8.05. The van der Waals surface area contributed by atoms with E-state index >= 15 is 0 Å². The Hall–Kier alpha value is -2.30. The lowest BCUT2D eigenvalue weighted by atomic mass is 10.1. The minimum atomic E-state index is 0.0492. The molecule has 0 radical (unpaired) electrons. The Morgan fingerprint density at radius 1 is 1.41 bits per heavy atom. The average Bonchev–Trinajstić information content (AvgIpc) is 3.03. The molecule has 22 heavy (non-hydrogen) atoms. The van der Waals surface area contributed by atoms with Gasteiger partial charge in [-0.05, 0) is 37.1 Å². The van der Waals surface area contributed by atoms with Gasteiger partial charge in [-0.3, -0.25) is 4.79 Å². The topological polar surface area (TPSA) is 54.5 Å². The molecule has 2 aromatic rings. The van der Waals surface area contributed by atoms with Crippen LogP contribution in [0.25, 0.3) is 10.9 Å². The summed E-state index contributed by atoms with van der Waals surface area (Å²) in [4.78, 5) is 18.7. The lowest BCUT2D eigenvalue weighted by Gasteiger charge is -2.19. The number of hydrogen-bond acceptors (Lipinski definition) is 4. The van der Waals surface area contributed by atoms with E-state index in [-0.39, 0.29) is 11.8 Å². The Balaban J connectivity index is 1.93. The van der Waals surface area contributed by atoms with Crippen molar-refractivity contribution in [3.63, 3.8) is 0 Å². The van der Waals surface area contributed by atoms with Crippen LogP contribution in [0.4, 0.5) is 5.82 Å². The molecule has 0 spiro atoms. The maximum atomic E-state index is 11.8. The summed E-state index contributed by atoms with van der Waals surface area (Å²) in [5.74, 6) is 1.90. The number of amides is 1. The largest absolute Gasteiger partial charge is 0.497 e. The number of methoxy groups -OCH3 is 1. The minimum absolute atomic E-state index is 0.0492. The molecule has 1 aromatic carbocycles. The number of nitrogens with one attached hydrogen (secondary N) is 1. The predicted molar refractivity (Wildman–Crippen MR) is 87.4 cm³/mol. The number of benzene rings is 1. The second-order valence-electron chi connectivity index (χ2n) is 5.73. The highest BCUT2D eigenvalue weighted by atomic mass is 16.5. The van der Waals surface area contributed by atoms with Gasteiger partial charge in [0.2, 0.25) is 5.91 Å². The molecule has 1 unspecified atom stereocenters. The van der Waals surface area contributed by atoms with Crippen molar-refractivity contribution in [2.24, 2.45) is 5.92 Å². The molecular formula is C17H21N3O2. The van der Waals surface area contributed by atoms with Gasteiger partial charge in [0.05, 0.1) is 18.5 Å². The summed E-state index contributed by atoms with van der Waals surface area (Å²) in [5.41, 5.74) is 2.11. The molecule has 0 aliphatic carbocycles. The first kappa shape index (κ1) is 14.6. The van der Waals surface area contributed by atoms with Gasteiger partial charge in [0.15, 0.2) is 0 Å². The molecule has 5 heteroatoms. The van der Waals surface area contributed by atoms with Crippen molar-refractivity contribution in [3.05, 3.63) is 29.8 Å². The van der Waals surface area contributed by atoms with Crippen molar-refractivity contribution in [1.29, 1.82) is 0 Å². The van der Waals surface area contributed by atoms with Crippen molar-refractivity contribution < 1.29 is 9.53 Å². The fraction of sp³-hybridized carbons (Fsp3) is 0.412. The highest BCUT2D eigenvalue weighted by Crippen LogP contribution is 2.28. The Bertz CT molecular complexity index is 714. The molecule has 1 atom stereocenters. The predicted octanol–water partition coefficient (Wildman–Crippen LogP) is 2.12. The van der Waals surface area contributed by atoms with E-state index in [1.54, 1.807) is 14.2 Å². The standard InChI is InChI=1S/C17H21N3O2/c1-11-8-16(20-7-6-12(10-20)17(21)18-2)19-15-9-13(22-3)4-5-14(11)15/h4-5,8-9,12H,6-7,10H2,1-3H3,(H,18,21). The summed E-state index contributed by atoms with van der Waals surface area (Å²) in [5, 5.41) is 3.86. The third kappa shape index (κ3) is 2.58. The van der Waals surface area contributed by atoms with Gasteiger partial charge in [0, 0.05) is 31.6 Å². The van der Waals surface area contributed by atoms with E-state index in [4.69, 9.17) is 9.72 Å². The molecule has 1 aliphatic rings. The number of nitrogens with zero attached hydrogens (tertiary/aromatic N) is 2. The molecule has 0 bridgehead atoms. The number of aromatic nitrogens is 1. The van der Waals surface area contributed by atoms with Gasteiger partial charge in [0.25, 0.3) is 0 Å². The number of ether oxygens (including phenoxy) is 1. The lowest BCUT2D eigenvalue weighted by Crippen LogP contribution is -2.30. The van der Waals surface area contributed by atoms with Crippen molar-refractivity contribution >= 4 is 22.6 Å². The molecule has 1 aliphatic heterocycles. The van der Waals surface area contributed by atoms with E-state index in [2.05, 4.69) is 23.2 Å². The van der Waals surface area contributed by atoms with Crippen LogP contribution < -0.4 is 15.0 Å². The van der Waals surface area contributed by atoms with E-state index in [9.17, 15) is 4.79 Å². The molecule has 1 fully saturated rings. The molecular weight excluding hydrogens is 278 g/mol. The Morgan fingerprint density at radius 3 is 2.95 bits per heavy atom. The van der Waals surface area contributed by atoms with E-state index in [1.807, 2.05) is 18.2 Å². The van der Waals surface area contributed by atoms with Crippen LogP contribution >= 0.6 is 0 Å². The van der Waals surface area contributed by atoms with E-state index < -0.39 is 0 Å². The summed E-state index contributed by atoms with van der Waals surface area (Å²) in [7, 11) is 3.35. The van der Waals surface area contributed by atoms with Crippen LogP contribution in [0, 0.1) is 12.8 Å². The normalized spacial score (nSPS) is 17.8. The fourth-order valence-electron chi connectivity index (χ4n) is 3.04. The monoisotopic (exact) mass is 299 g/mol. The van der Waals surface area contributed by atoms with Gasteiger partial charge in [-0.25, -0.2) is 4.98 Å². The van der Waals surface area contributed by atoms with Gasteiger partial charge in [-0.15, -0.1) is 0 Å². The zero-order chi connectivity index (χ0) is 15.7. The van der Waals surface area contributed by atoms with Crippen LogP contribution in [0.2, 0.25) is 0 Å². The van der Waals surface area contributed by atoms with Crippen LogP contribution in [0.15, 0.2) is 24.3 Å². The van der Waals surface area contributed by atoms with Crippen LogP contribution in [0.3, 0.4) is 0 Å². The van der Waals surface area contributed by atoms with Gasteiger partial charge in [-0.1, -0.05) is 0 Å². The molecule has 116 valence electrons. The summed E-state index contributed by atoms with van der Waals surface area (Å²) >= 11 is 0. The molecule has 5 nitrogen and oxygen atoms in total. The highest BCUT2D eigenvalue weighted by Gasteiger charge is 2.28. The number of anilines is 1. The maximum Gasteiger partial charge on any atom is 0.224 e. The molecule has 3 rings (SSSR count). The number of hydrogen-bond donors (Lipinski definition) is 1. The van der Waals surface area contributed by atoms with Crippen molar-refractivity contribution in [2.75, 3.05) is 32.1 Å². The van der Waals surface area contributed by atoms with Gasteiger partial charge in [-0.2, -0.15) is 0 Å². The number of carbonyl (C=O) groups is 1. The fourth-order valence-corrected chi connectivity index (χ4v) is 3.04. The SMILES string of the molecule is CNC(=O)C1CCN(c2cc(C)c3ccc(OC)cc3n2)C1. The summed E-state index contributed by atoms with van der Waals surface area (Å²) in [6.45, 7) is 3.67. The molecule has 1 N–H and O–H groups in total. The van der Waals surface area contributed by atoms with E-state index in [0.29, 0.717) is 0 Å². The molecule has 1 amide bonds. The number of aryl methyl sites for hydroxylation is 1. The molecule has 1 aromatic heterocycles. The first-order valence-corrected chi connectivity index (χ1v) is 7.54. The van der Waals surface area contributed by atoms with Crippen LogP contribution in [0.5, 0.6) is 5.75 Å². The van der Waals surface area contributed by atoms with Crippen LogP contribution in [-0.4, -0.2) is 38.1 Å². The Morgan fingerprint density at radius 2 is 2.23 bits per heavy atom. The highest BCUT2D eigenvalue weighted by molar-refractivity contribution is 5.85. The quantitative estimate of drug-likeness (QED) is 0.943. The lowest BCUT2D eigenvalue weighted by molar-refractivity contribution is -0.123. The van der Waals surface area contributed by atoms with Gasteiger partial charge < -0.3 is 15.0 Å². The first-order chi connectivity index (χ1) is 10.6. The first-order valence-electron chi connectivity index (χ1n) is 7.54. The summed E-state index contributed by atoms with van der Waals surface area (Å²) in [6.07, 6.45) is 0.872. The number of carbonyl (C=O) groups excluding carboxylic acids is 1. The van der Waals surface area contributed by atoms with Gasteiger partial charge >= 0.3 is 0 Å². The second kappa shape index (κ2) is 5.83. The van der Waals surface area contributed by atoms with Crippen LogP contribution in [0.1, 0.15) is 12.0 Å². The Kier molecular flexibility index (Phi) is 3.88. The average molecular weight is 299 g/mol. The van der Waals surface area contributed by atoms with Gasteiger partial charge in [0.1, 0.15) is 11.6 Å². The zero-order valence-corrected chi connectivity index (χ0v) is 13.2. The third-order valence-corrected chi connectivity index (χ3v) is 4.34. The smallest absolute Gasteiger partial charge is 0.224 e. The van der Waals surface area contributed by atoms with Crippen molar-refractivity contribution in [1.82, 2.24) is 10.3 Å².